The van der Waals surface area contributed by atoms with Crippen LogP contribution in [0, 0.1) is 23.8 Å². The van der Waals surface area contributed by atoms with Gasteiger partial charge in [0.25, 0.3) is 0 Å². The van der Waals surface area contributed by atoms with Gasteiger partial charge < -0.3 is 4.79 Å². The number of hydrogen-bond donors (Lipinski definition) is 0. The van der Waals surface area contributed by atoms with Crippen molar-refractivity contribution in [2.45, 2.75) is 85.2 Å². The molecule has 0 spiro atoms. The van der Waals surface area contributed by atoms with E-state index in [4.69, 9.17) is 6.42 Å². The lowest BCUT2D eigenvalue weighted by atomic mass is 10.1. The molecule has 33 heavy (non-hydrogen) atoms. The van der Waals surface area contributed by atoms with E-state index in [2.05, 4.69) is 110 Å². The molecule has 0 aliphatic heterocycles. The lowest BCUT2D eigenvalue weighted by molar-refractivity contribution is -0.107. The Labute approximate surface area is 204 Å². The molecule has 0 unspecified atom stereocenters. The van der Waals surface area contributed by atoms with Gasteiger partial charge in [0.15, 0.2) is 0 Å². The van der Waals surface area contributed by atoms with E-state index < -0.39 is 8.07 Å². The van der Waals surface area contributed by atoms with Crippen molar-refractivity contribution >= 4 is 14.4 Å². The van der Waals surface area contributed by atoms with Gasteiger partial charge in [-0.25, -0.2) is 0 Å². The number of carbonyl (C=O) groups excluding carboxylic acids is 1. The van der Waals surface area contributed by atoms with Crippen LogP contribution in [0.1, 0.15) is 57.6 Å². The molecule has 0 heterocycles. The normalized spacial score (nSPS) is 10.8. The van der Waals surface area contributed by atoms with Crippen molar-refractivity contribution in [3.8, 4) is 23.8 Å². The zero-order valence-corrected chi connectivity index (χ0v) is 22.6. The van der Waals surface area contributed by atoms with Gasteiger partial charge in [0.1, 0.15) is 14.4 Å². The van der Waals surface area contributed by atoms with Crippen LogP contribution in [-0.4, -0.2) is 25.3 Å². The van der Waals surface area contributed by atoms with Crippen LogP contribution >= 0.6 is 0 Å². The number of aldehydes is 1. The summed E-state index contributed by atoms with van der Waals surface area (Å²) in [7, 11) is -1.10. The average Bonchev–Trinajstić information content (AvgIpc) is 2.81. The zero-order chi connectivity index (χ0) is 25.0. The quantitative estimate of drug-likeness (QED) is 0.221. The Morgan fingerprint density at radius 2 is 1.36 bits per heavy atom. The minimum atomic E-state index is -1.10. The van der Waals surface area contributed by atoms with Crippen molar-refractivity contribution in [3.05, 3.63) is 71.8 Å². The lowest BCUT2D eigenvalue weighted by Crippen LogP contribution is -2.33. The summed E-state index contributed by atoms with van der Waals surface area (Å²) in [5.41, 5.74) is 5.43. The van der Waals surface area contributed by atoms with Crippen LogP contribution in [0.2, 0.25) is 19.6 Å². The second-order valence-electron chi connectivity index (χ2n) is 8.92. The Kier molecular flexibility index (Phi) is 17.4. The molecule has 2 rings (SSSR count). The molecular formula is C30H43NOSi. The first-order chi connectivity index (χ1) is 15.8. The summed E-state index contributed by atoms with van der Waals surface area (Å²) in [4.78, 5) is 11.9. The fourth-order valence-corrected chi connectivity index (χ4v) is 2.82. The van der Waals surface area contributed by atoms with E-state index in [-0.39, 0.29) is 0 Å². The second-order valence-corrected chi connectivity index (χ2v) is 13.7. The summed E-state index contributed by atoms with van der Waals surface area (Å²) in [5.74, 6) is 6.51. The van der Waals surface area contributed by atoms with Crippen molar-refractivity contribution in [2.75, 3.05) is 0 Å². The molecule has 2 nitrogen and oxygen atoms in total. The zero-order valence-electron chi connectivity index (χ0n) is 21.6. The summed E-state index contributed by atoms with van der Waals surface area (Å²) in [6.07, 6.45) is 10.00. The highest BCUT2D eigenvalue weighted by Crippen LogP contribution is 2.16. The summed E-state index contributed by atoms with van der Waals surface area (Å²) < 4.78 is 0. The average molecular weight is 462 g/mol. The molecule has 0 radical (unpaired) electrons. The van der Waals surface area contributed by atoms with Gasteiger partial charge in [-0.2, -0.15) is 0 Å². The first-order valence-electron chi connectivity index (χ1n) is 12.0. The van der Waals surface area contributed by atoms with Gasteiger partial charge >= 0.3 is 0 Å². The van der Waals surface area contributed by atoms with Gasteiger partial charge in [-0.3, -0.25) is 4.90 Å². The summed E-state index contributed by atoms with van der Waals surface area (Å²) in [6.45, 7) is 14.5. The number of unbranched alkanes of at least 4 members (excludes halogenated alkanes) is 1. The fraction of sp³-hybridized carbons (Fsp3) is 0.433. The van der Waals surface area contributed by atoms with Crippen LogP contribution in [0.25, 0.3) is 0 Å². The van der Waals surface area contributed by atoms with Crippen molar-refractivity contribution in [2.24, 2.45) is 0 Å². The van der Waals surface area contributed by atoms with Crippen molar-refractivity contribution in [1.82, 2.24) is 4.90 Å². The van der Waals surface area contributed by atoms with Gasteiger partial charge in [0.05, 0.1) is 6.04 Å². The fourth-order valence-electron chi connectivity index (χ4n) is 2.82. The van der Waals surface area contributed by atoms with Crippen LogP contribution in [0.15, 0.2) is 60.7 Å². The lowest BCUT2D eigenvalue weighted by Gasteiger charge is -2.28. The summed E-state index contributed by atoms with van der Waals surface area (Å²) >= 11 is 0. The predicted octanol–water partition coefficient (Wildman–Crippen LogP) is 7.36. The number of rotatable bonds is 9. The molecule has 0 aromatic heterocycles. The molecule has 1 atom stereocenters. The Morgan fingerprint density at radius 1 is 0.909 bits per heavy atom. The van der Waals surface area contributed by atoms with Gasteiger partial charge in [-0.1, -0.05) is 106 Å². The van der Waals surface area contributed by atoms with E-state index in [0.717, 1.165) is 38.6 Å². The SMILES string of the molecule is C#C[Si](C)(C)C.CC#C[C@@H](CCC)N(Cc1ccccc1)Cc1ccccc1.CCCC=O. The maximum Gasteiger partial charge on any atom is 0.128 e. The first-order valence-corrected chi connectivity index (χ1v) is 15.5. The Balaban J connectivity index is 0.000000774. The molecule has 2 aromatic rings. The maximum absolute atomic E-state index is 9.40. The van der Waals surface area contributed by atoms with Crippen LogP contribution < -0.4 is 0 Å². The third kappa shape index (κ3) is 16.7. The number of nitrogens with zero attached hydrogens (tertiary/aromatic N) is 1. The molecule has 0 bridgehead atoms. The van der Waals surface area contributed by atoms with E-state index in [1.807, 2.05) is 13.8 Å². The van der Waals surface area contributed by atoms with Crippen LogP contribution in [0.5, 0.6) is 0 Å². The minimum Gasteiger partial charge on any atom is -0.303 e. The van der Waals surface area contributed by atoms with E-state index in [9.17, 15) is 4.79 Å². The maximum atomic E-state index is 9.40. The highest BCUT2D eigenvalue weighted by Gasteiger charge is 2.16. The first kappa shape index (κ1) is 30.4. The molecule has 3 heteroatoms. The number of hydrogen-bond acceptors (Lipinski definition) is 2. The monoisotopic (exact) mass is 461 g/mol. The number of benzene rings is 2. The molecule has 0 aliphatic carbocycles. The molecule has 0 saturated carbocycles. The van der Waals surface area contributed by atoms with E-state index in [1.54, 1.807) is 0 Å². The van der Waals surface area contributed by atoms with Gasteiger partial charge in [-0.05, 0) is 30.9 Å². The Bertz CT molecular complexity index is 797. The van der Waals surface area contributed by atoms with Crippen molar-refractivity contribution in [1.29, 1.82) is 0 Å². The van der Waals surface area contributed by atoms with Crippen LogP contribution in [0.4, 0.5) is 0 Å². The highest BCUT2D eigenvalue weighted by atomic mass is 28.3. The van der Waals surface area contributed by atoms with Gasteiger partial charge in [-0.15, -0.1) is 17.9 Å². The smallest absolute Gasteiger partial charge is 0.128 e. The third-order valence-electron chi connectivity index (χ3n) is 4.61. The van der Waals surface area contributed by atoms with Crippen molar-refractivity contribution < 1.29 is 4.79 Å². The van der Waals surface area contributed by atoms with Gasteiger partial charge in [0.2, 0.25) is 0 Å². The Hall–Kier alpha value is -2.59. The van der Waals surface area contributed by atoms with Crippen LogP contribution in [-0.2, 0) is 17.9 Å². The largest absolute Gasteiger partial charge is 0.303 e. The molecule has 0 N–H and O–H groups in total. The highest BCUT2D eigenvalue weighted by molar-refractivity contribution is 6.83. The molecule has 2 aromatic carbocycles. The van der Waals surface area contributed by atoms with Crippen molar-refractivity contribution in [3.63, 3.8) is 0 Å². The third-order valence-corrected chi connectivity index (χ3v) is 5.48. The second kappa shape index (κ2) is 18.9. The van der Waals surface area contributed by atoms with E-state index in [0.29, 0.717) is 12.5 Å². The summed E-state index contributed by atoms with van der Waals surface area (Å²) in [5, 5.41) is 0. The predicted molar refractivity (Wildman–Crippen MR) is 147 cm³/mol. The summed E-state index contributed by atoms with van der Waals surface area (Å²) in [6, 6.07) is 21.7. The standard InChI is InChI=1S/C21H25N.C5H10Si.C4H8O/c1-3-11-21(12-4-2)22(17-19-13-7-5-8-14-19)18-20-15-9-6-10-16-20;1-5-6(2,3)4;1-2-3-4-5/h5-10,13-16,21H,3,11,17-18H2,1-2H3;1H,2-4H3;4H,2-3H2,1H3/t21-;;/m1../s1. The molecule has 178 valence electrons. The molecule has 0 aliphatic rings. The van der Waals surface area contributed by atoms with E-state index >= 15 is 0 Å². The number of carbonyl (C=O) groups is 1. The topological polar surface area (TPSA) is 20.3 Å². The van der Waals surface area contributed by atoms with Gasteiger partial charge in [0, 0.05) is 19.5 Å². The molecule has 0 amide bonds. The molecule has 0 saturated heterocycles. The minimum absolute atomic E-state index is 0.315. The Morgan fingerprint density at radius 3 is 1.64 bits per heavy atom. The molecule has 0 fully saturated rings. The van der Waals surface area contributed by atoms with Crippen LogP contribution in [0.3, 0.4) is 0 Å². The molecular weight excluding hydrogens is 418 g/mol. The van der Waals surface area contributed by atoms with E-state index in [1.165, 1.54) is 11.1 Å². The number of terminal acetylenes is 1.